The first-order valence-electron chi connectivity index (χ1n) is 8.90. The molecule has 0 spiro atoms. The van der Waals surface area contributed by atoms with Crippen molar-refractivity contribution in [2.45, 2.75) is 26.7 Å². The quantitative estimate of drug-likeness (QED) is 0.701. The number of Topliss-reactive ketones (excluding diaryl/α,β-unsaturated/α-hetero) is 1. The fraction of sp³-hybridized carbons (Fsp3) is 0.526. The van der Waals surface area contributed by atoms with Gasteiger partial charge in [0, 0.05) is 39.0 Å². The van der Waals surface area contributed by atoms with Gasteiger partial charge in [0.15, 0.2) is 6.61 Å². The Morgan fingerprint density at radius 1 is 0.846 bits per heavy atom. The van der Waals surface area contributed by atoms with Crippen molar-refractivity contribution in [3.63, 3.8) is 0 Å². The molecular formula is C19H26N2O5. The van der Waals surface area contributed by atoms with Crippen molar-refractivity contribution in [1.82, 2.24) is 9.80 Å². The molecule has 0 saturated carbocycles. The fourth-order valence-corrected chi connectivity index (χ4v) is 2.68. The highest BCUT2D eigenvalue weighted by Gasteiger charge is 2.24. The monoisotopic (exact) mass is 362 g/mol. The van der Waals surface area contributed by atoms with Crippen LogP contribution >= 0.6 is 0 Å². The SMILES string of the molecule is CCOc1ccc(OCC(=O)N2CCN(C(=O)CCC(C)=O)CC2)cc1. The number of piperazine rings is 1. The molecule has 142 valence electrons. The zero-order valence-electron chi connectivity index (χ0n) is 15.4. The van der Waals surface area contributed by atoms with E-state index in [2.05, 4.69) is 0 Å². The first-order chi connectivity index (χ1) is 12.5. The molecule has 7 nitrogen and oxygen atoms in total. The molecule has 1 aliphatic rings. The molecule has 2 amide bonds. The smallest absolute Gasteiger partial charge is 0.260 e. The third-order valence-corrected chi connectivity index (χ3v) is 4.17. The molecule has 0 atom stereocenters. The summed E-state index contributed by atoms with van der Waals surface area (Å²) < 4.78 is 10.9. The molecule has 26 heavy (non-hydrogen) atoms. The number of ketones is 1. The van der Waals surface area contributed by atoms with Gasteiger partial charge in [0.1, 0.15) is 17.3 Å². The normalized spacial score (nSPS) is 14.1. The van der Waals surface area contributed by atoms with Gasteiger partial charge in [-0.3, -0.25) is 9.59 Å². The number of amides is 2. The van der Waals surface area contributed by atoms with Crippen LogP contribution in [0.3, 0.4) is 0 Å². The lowest BCUT2D eigenvalue weighted by molar-refractivity contribution is -0.141. The van der Waals surface area contributed by atoms with Crippen molar-refractivity contribution in [3.05, 3.63) is 24.3 Å². The van der Waals surface area contributed by atoms with Crippen LogP contribution in [0.1, 0.15) is 26.7 Å². The molecule has 1 fully saturated rings. The second-order valence-electron chi connectivity index (χ2n) is 6.16. The summed E-state index contributed by atoms with van der Waals surface area (Å²) in [6, 6.07) is 7.14. The first kappa shape index (κ1) is 19.8. The molecule has 2 rings (SSSR count). The van der Waals surface area contributed by atoms with Gasteiger partial charge in [-0.1, -0.05) is 0 Å². The van der Waals surface area contributed by atoms with Crippen molar-refractivity contribution in [2.75, 3.05) is 39.4 Å². The van der Waals surface area contributed by atoms with Crippen molar-refractivity contribution < 1.29 is 23.9 Å². The lowest BCUT2D eigenvalue weighted by Gasteiger charge is -2.34. The Hall–Kier alpha value is -2.57. The summed E-state index contributed by atoms with van der Waals surface area (Å²) in [5, 5.41) is 0. The Labute approximate surface area is 153 Å². The highest BCUT2D eigenvalue weighted by atomic mass is 16.5. The third-order valence-electron chi connectivity index (χ3n) is 4.17. The predicted octanol–water partition coefficient (Wildman–Crippen LogP) is 1.50. The van der Waals surface area contributed by atoms with Crippen LogP contribution in [0.5, 0.6) is 11.5 Å². The second-order valence-corrected chi connectivity index (χ2v) is 6.16. The van der Waals surface area contributed by atoms with E-state index in [4.69, 9.17) is 9.47 Å². The summed E-state index contributed by atoms with van der Waals surface area (Å²) in [6.07, 6.45) is 0.512. The minimum atomic E-state index is -0.102. The maximum atomic E-state index is 12.3. The number of benzene rings is 1. The van der Waals surface area contributed by atoms with Crippen LogP contribution in [-0.2, 0) is 14.4 Å². The standard InChI is InChI=1S/C19H26N2O5/c1-3-25-16-5-7-17(8-6-16)26-14-19(24)21-12-10-20(11-13-21)18(23)9-4-15(2)22/h5-8H,3-4,9-14H2,1-2H3. The Bertz CT molecular complexity index is 621. The molecule has 1 aromatic rings. The predicted molar refractivity (Wildman–Crippen MR) is 96.2 cm³/mol. The zero-order valence-corrected chi connectivity index (χ0v) is 15.4. The van der Waals surface area contributed by atoms with Gasteiger partial charge in [-0.15, -0.1) is 0 Å². The molecule has 0 bridgehead atoms. The number of hydrogen-bond acceptors (Lipinski definition) is 5. The van der Waals surface area contributed by atoms with Crippen molar-refractivity contribution in [1.29, 1.82) is 0 Å². The molecule has 0 N–H and O–H groups in total. The van der Waals surface area contributed by atoms with Crippen LogP contribution < -0.4 is 9.47 Å². The van der Waals surface area contributed by atoms with Crippen molar-refractivity contribution >= 4 is 17.6 Å². The number of nitrogens with zero attached hydrogens (tertiary/aromatic N) is 2. The van der Waals surface area contributed by atoms with E-state index in [0.29, 0.717) is 38.5 Å². The van der Waals surface area contributed by atoms with E-state index in [0.717, 1.165) is 5.75 Å². The van der Waals surface area contributed by atoms with E-state index in [1.807, 2.05) is 6.92 Å². The van der Waals surface area contributed by atoms with Crippen LogP contribution in [0.25, 0.3) is 0 Å². The van der Waals surface area contributed by atoms with Crippen LogP contribution in [0.2, 0.25) is 0 Å². The molecule has 1 aromatic carbocycles. The maximum Gasteiger partial charge on any atom is 0.260 e. The highest BCUT2D eigenvalue weighted by molar-refractivity contribution is 5.84. The molecule has 0 radical (unpaired) electrons. The molecule has 0 aliphatic carbocycles. The van der Waals surface area contributed by atoms with Gasteiger partial charge in [0.25, 0.3) is 5.91 Å². The average molecular weight is 362 g/mol. The van der Waals surface area contributed by atoms with Crippen LogP contribution in [-0.4, -0.2) is 66.8 Å². The number of hydrogen-bond donors (Lipinski definition) is 0. The van der Waals surface area contributed by atoms with E-state index >= 15 is 0 Å². The summed E-state index contributed by atoms with van der Waals surface area (Å²) in [6.45, 7) is 5.91. The van der Waals surface area contributed by atoms with Gasteiger partial charge in [0.2, 0.25) is 5.91 Å². The van der Waals surface area contributed by atoms with Gasteiger partial charge >= 0.3 is 0 Å². The number of rotatable bonds is 8. The van der Waals surface area contributed by atoms with E-state index in [9.17, 15) is 14.4 Å². The summed E-state index contributed by atoms with van der Waals surface area (Å²) >= 11 is 0. The zero-order chi connectivity index (χ0) is 18.9. The molecule has 1 aliphatic heterocycles. The van der Waals surface area contributed by atoms with Gasteiger partial charge in [-0.2, -0.15) is 0 Å². The average Bonchev–Trinajstić information content (AvgIpc) is 2.65. The Morgan fingerprint density at radius 3 is 1.85 bits per heavy atom. The number of ether oxygens (including phenoxy) is 2. The molecule has 7 heteroatoms. The topological polar surface area (TPSA) is 76.2 Å². The van der Waals surface area contributed by atoms with Gasteiger partial charge in [-0.25, -0.2) is 0 Å². The van der Waals surface area contributed by atoms with Crippen molar-refractivity contribution in [3.8, 4) is 11.5 Å². The molecule has 0 aromatic heterocycles. The third kappa shape index (κ3) is 6.06. The number of carbonyl (C=O) groups is 3. The minimum absolute atomic E-state index is 0.0126. The Kier molecular flexibility index (Phi) is 7.44. The Morgan fingerprint density at radius 2 is 1.35 bits per heavy atom. The maximum absolute atomic E-state index is 12.3. The lowest BCUT2D eigenvalue weighted by Crippen LogP contribution is -2.51. The highest BCUT2D eigenvalue weighted by Crippen LogP contribution is 2.17. The summed E-state index contributed by atoms with van der Waals surface area (Å²) in [5.41, 5.74) is 0. The van der Waals surface area contributed by atoms with Crippen LogP contribution in [0, 0.1) is 0 Å². The largest absolute Gasteiger partial charge is 0.494 e. The molecule has 1 saturated heterocycles. The van der Waals surface area contributed by atoms with Crippen LogP contribution in [0.4, 0.5) is 0 Å². The van der Waals surface area contributed by atoms with E-state index in [-0.39, 0.29) is 37.0 Å². The molecule has 1 heterocycles. The van der Waals surface area contributed by atoms with Crippen molar-refractivity contribution in [2.24, 2.45) is 0 Å². The second kappa shape index (κ2) is 9.79. The number of carbonyl (C=O) groups excluding carboxylic acids is 3. The molecule has 0 unspecified atom stereocenters. The summed E-state index contributed by atoms with van der Waals surface area (Å²) in [4.78, 5) is 38.6. The minimum Gasteiger partial charge on any atom is -0.494 e. The summed E-state index contributed by atoms with van der Waals surface area (Å²) in [7, 11) is 0. The Balaban J connectivity index is 1.72. The van der Waals surface area contributed by atoms with Gasteiger partial charge in [0.05, 0.1) is 6.61 Å². The summed E-state index contributed by atoms with van der Waals surface area (Å²) in [5.74, 6) is 1.25. The first-order valence-corrected chi connectivity index (χ1v) is 8.90. The van der Waals surface area contributed by atoms with E-state index < -0.39 is 0 Å². The lowest BCUT2D eigenvalue weighted by atomic mass is 10.2. The van der Waals surface area contributed by atoms with Gasteiger partial charge in [-0.05, 0) is 38.1 Å². The van der Waals surface area contributed by atoms with Gasteiger partial charge < -0.3 is 24.1 Å². The van der Waals surface area contributed by atoms with E-state index in [1.165, 1.54) is 6.92 Å². The molecular weight excluding hydrogens is 336 g/mol. The fourth-order valence-electron chi connectivity index (χ4n) is 2.68. The van der Waals surface area contributed by atoms with Crippen LogP contribution in [0.15, 0.2) is 24.3 Å². The van der Waals surface area contributed by atoms with E-state index in [1.54, 1.807) is 34.1 Å².